The van der Waals surface area contributed by atoms with Gasteiger partial charge in [0.05, 0.1) is 35.7 Å². The summed E-state index contributed by atoms with van der Waals surface area (Å²) in [5.74, 6) is 0.128. The lowest BCUT2D eigenvalue weighted by atomic mass is 9.91. The zero-order chi connectivity index (χ0) is 24.4. The number of benzene rings is 1. The first-order valence-electron chi connectivity index (χ1n) is 11.9. The molecule has 2 aliphatic rings. The molecular formula is C25H29FN6O3. The minimum Gasteiger partial charge on any atom is -0.354 e. The SMILES string of the molecule is CCCNc1nccc(-c2cc(C3OCC(C)(C(=O)NC4CC4)CO3)nn2-c2ccc(F)cc2)n1. The van der Waals surface area contributed by atoms with Gasteiger partial charge in [0.2, 0.25) is 18.1 Å². The number of anilines is 1. The van der Waals surface area contributed by atoms with E-state index in [4.69, 9.17) is 14.6 Å². The molecule has 3 heterocycles. The lowest BCUT2D eigenvalue weighted by Crippen LogP contribution is -2.49. The van der Waals surface area contributed by atoms with Crippen LogP contribution in [0.15, 0.2) is 42.6 Å². The minimum absolute atomic E-state index is 0.0518. The van der Waals surface area contributed by atoms with Gasteiger partial charge in [0, 0.05) is 18.8 Å². The van der Waals surface area contributed by atoms with Crippen molar-refractivity contribution in [2.24, 2.45) is 5.41 Å². The number of hydrogen-bond donors (Lipinski definition) is 2. The Labute approximate surface area is 203 Å². The molecule has 0 bridgehead atoms. The van der Waals surface area contributed by atoms with Crippen LogP contribution < -0.4 is 10.6 Å². The van der Waals surface area contributed by atoms with Gasteiger partial charge in [0.15, 0.2) is 0 Å². The first-order chi connectivity index (χ1) is 16.9. The quantitative estimate of drug-likeness (QED) is 0.508. The van der Waals surface area contributed by atoms with Crippen LogP contribution in [0.4, 0.5) is 10.3 Å². The molecule has 2 N–H and O–H groups in total. The van der Waals surface area contributed by atoms with Crippen LogP contribution in [0, 0.1) is 11.2 Å². The van der Waals surface area contributed by atoms with Gasteiger partial charge in [-0.3, -0.25) is 4.79 Å². The maximum Gasteiger partial charge on any atom is 0.230 e. The third-order valence-electron chi connectivity index (χ3n) is 6.06. The topological polar surface area (TPSA) is 103 Å². The molecule has 3 aromatic rings. The zero-order valence-corrected chi connectivity index (χ0v) is 19.8. The molecule has 0 spiro atoms. The summed E-state index contributed by atoms with van der Waals surface area (Å²) in [5.41, 5.74) is 1.77. The van der Waals surface area contributed by atoms with Crippen molar-refractivity contribution < 1.29 is 18.7 Å². The lowest BCUT2D eigenvalue weighted by molar-refractivity contribution is -0.229. The highest BCUT2D eigenvalue weighted by Crippen LogP contribution is 2.34. The molecule has 0 atom stereocenters. The molecule has 1 saturated heterocycles. The van der Waals surface area contributed by atoms with Crippen molar-refractivity contribution in [1.29, 1.82) is 0 Å². The number of aromatic nitrogens is 4. The summed E-state index contributed by atoms with van der Waals surface area (Å²) in [5, 5.41) is 10.9. The van der Waals surface area contributed by atoms with Gasteiger partial charge in [-0.15, -0.1) is 0 Å². The summed E-state index contributed by atoms with van der Waals surface area (Å²) in [6.07, 6.45) is 3.93. The Morgan fingerprint density at radius 1 is 1.20 bits per heavy atom. The van der Waals surface area contributed by atoms with Gasteiger partial charge in [-0.25, -0.2) is 19.0 Å². The standard InChI is InChI=1S/C25H29FN6O3/c1-3-11-27-24-28-12-10-19(30-24)21-13-20(31-32(21)18-8-4-16(26)5-9-18)22-34-14-25(2,15-35-22)23(33)29-17-6-7-17/h4-5,8-10,12-13,17,22H,3,6-7,11,14-15H2,1-2H3,(H,29,33)(H,27,28,30). The Morgan fingerprint density at radius 2 is 1.94 bits per heavy atom. The van der Waals surface area contributed by atoms with Crippen LogP contribution in [0.25, 0.3) is 17.1 Å². The van der Waals surface area contributed by atoms with E-state index in [0.717, 1.165) is 25.8 Å². The monoisotopic (exact) mass is 480 g/mol. The maximum absolute atomic E-state index is 13.6. The number of ether oxygens (including phenoxy) is 2. The fourth-order valence-electron chi connectivity index (χ4n) is 3.80. The summed E-state index contributed by atoms with van der Waals surface area (Å²) >= 11 is 0. The van der Waals surface area contributed by atoms with E-state index < -0.39 is 11.7 Å². The number of nitrogens with zero attached hydrogens (tertiary/aromatic N) is 4. The highest BCUT2D eigenvalue weighted by atomic mass is 19.1. The molecular weight excluding hydrogens is 451 g/mol. The second kappa shape index (κ2) is 9.71. The Morgan fingerprint density at radius 3 is 2.63 bits per heavy atom. The number of rotatable bonds is 8. The second-order valence-electron chi connectivity index (χ2n) is 9.30. The molecule has 184 valence electrons. The van der Waals surface area contributed by atoms with E-state index >= 15 is 0 Å². The molecule has 10 heteroatoms. The van der Waals surface area contributed by atoms with Crippen LogP contribution in [0.3, 0.4) is 0 Å². The van der Waals surface area contributed by atoms with Crippen molar-refractivity contribution in [3.8, 4) is 17.1 Å². The predicted octanol–water partition coefficient (Wildman–Crippen LogP) is 3.62. The van der Waals surface area contributed by atoms with Crippen LogP contribution in [0.1, 0.15) is 45.1 Å². The lowest BCUT2D eigenvalue weighted by Gasteiger charge is -2.35. The van der Waals surface area contributed by atoms with E-state index in [2.05, 4.69) is 27.5 Å². The summed E-state index contributed by atoms with van der Waals surface area (Å²) in [6, 6.07) is 9.96. The van der Waals surface area contributed by atoms with Crippen LogP contribution in [0.2, 0.25) is 0 Å². The molecule has 0 radical (unpaired) electrons. The van der Waals surface area contributed by atoms with Gasteiger partial charge in [-0.1, -0.05) is 6.92 Å². The summed E-state index contributed by atoms with van der Waals surface area (Å²) < 4.78 is 27.2. The molecule has 1 saturated carbocycles. The highest BCUT2D eigenvalue weighted by molar-refractivity contribution is 5.83. The molecule has 1 amide bonds. The summed E-state index contributed by atoms with van der Waals surface area (Å²) in [4.78, 5) is 21.5. The normalized spacial score (nSPS) is 22.1. The third-order valence-corrected chi connectivity index (χ3v) is 6.06. The first kappa shape index (κ1) is 23.4. The van der Waals surface area contributed by atoms with E-state index in [1.807, 2.05) is 13.0 Å². The minimum atomic E-state index is -0.756. The maximum atomic E-state index is 13.6. The van der Waals surface area contributed by atoms with Gasteiger partial charge in [-0.05, 0) is 62.6 Å². The van der Waals surface area contributed by atoms with Gasteiger partial charge in [0.1, 0.15) is 11.5 Å². The van der Waals surface area contributed by atoms with Crippen molar-refractivity contribution in [2.45, 2.75) is 45.4 Å². The Bertz CT molecular complexity index is 1190. The number of amides is 1. The van der Waals surface area contributed by atoms with Crippen molar-refractivity contribution >= 4 is 11.9 Å². The van der Waals surface area contributed by atoms with Crippen LogP contribution in [0.5, 0.6) is 0 Å². The molecule has 1 aliphatic heterocycles. The van der Waals surface area contributed by atoms with Gasteiger partial charge in [0.25, 0.3) is 0 Å². The van der Waals surface area contributed by atoms with E-state index in [1.54, 1.807) is 29.1 Å². The van der Waals surface area contributed by atoms with Crippen molar-refractivity contribution in [3.05, 3.63) is 54.1 Å². The average Bonchev–Trinajstić information content (AvgIpc) is 3.58. The molecule has 9 nitrogen and oxygen atoms in total. The average molecular weight is 481 g/mol. The van der Waals surface area contributed by atoms with Crippen LogP contribution in [-0.4, -0.2) is 51.5 Å². The van der Waals surface area contributed by atoms with E-state index in [-0.39, 0.29) is 31.0 Å². The van der Waals surface area contributed by atoms with Crippen LogP contribution >= 0.6 is 0 Å². The molecule has 2 aromatic heterocycles. The van der Waals surface area contributed by atoms with Crippen molar-refractivity contribution in [3.63, 3.8) is 0 Å². The Balaban J connectivity index is 1.42. The smallest absolute Gasteiger partial charge is 0.230 e. The van der Waals surface area contributed by atoms with Gasteiger partial charge >= 0.3 is 0 Å². The second-order valence-corrected chi connectivity index (χ2v) is 9.30. The largest absolute Gasteiger partial charge is 0.354 e. The highest BCUT2D eigenvalue weighted by Gasteiger charge is 2.42. The van der Waals surface area contributed by atoms with Crippen molar-refractivity contribution in [2.75, 3.05) is 25.1 Å². The number of halogens is 1. The molecule has 2 fully saturated rings. The molecule has 1 aromatic carbocycles. The Kier molecular flexibility index (Phi) is 6.48. The predicted molar refractivity (Wildman–Crippen MR) is 127 cm³/mol. The fraction of sp³-hybridized carbons (Fsp3) is 0.440. The zero-order valence-electron chi connectivity index (χ0n) is 19.8. The van der Waals surface area contributed by atoms with E-state index in [1.165, 1.54) is 12.1 Å². The number of nitrogens with one attached hydrogen (secondary N) is 2. The van der Waals surface area contributed by atoms with E-state index in [0.29, 0.717) is 28.7 Å². The third kappa shape index (κ3) is 5.18. The molecule has 1 aliphatic carbocycles. The van der Waals surface area contributed by atoms with Crippen LogP contribution in [-0.2, 0) is 14.3 Å². The number of hydrogen-bond acceptors (Lipinski definition) is 7. The number of carbonyl (C=O) groups is 1. The number of carbonyl (C=O) groups excluding carboxylic acids is 1. The first-order valence-corrected chi connectivity index (χ1v) is 11.9. The summed E-state index contributed by atoms with van der Waals surface area (Å²) in [6.45, 7) is 5.09. The summed E-state index contributed by atoms with van der Waals surface area (Å²) in [7, 11) is 0. The Hall–Kier alpha value is -3.37. The molecule has 35 heavy (non-hydrogen) atoms. The van der Waals surface area contributed by atoms with Gasteiger partial charge < -0.3 is 20.1 Å². The van der Waals surface area contributed by atoms with Crippen molar-refractivity contribution in [1.82, 2.24) is 25.1 Å². The van der Waals surface area contributed by atoms with Gasteiger partial charge in [-0.2, -0.15) is 5.10 Å². The molecule has 5 rings (SSSR count). The molecule has 0 unspecified atom stereocenters. The fourth-order valence-corrected chi connectivity index (χ4v) is 3.80. The van der Waals surface area contributed by atoms with E-state index in [9.17, 15) is 9.18 Å².